The third-order valence-electron chi connectivity index (χ3n) is 3.64. The number of para-hydroxylation sites is 1. The van der Waals surface area contributed by atoms with Gasteiger partial charge in [0.05, 0.1) is 13.0 Å². The standard InChI is InChI=1S/C17H24N2O3/c1-17(2,3)18-16(21)13-9-15(20)19(11-13)10-12-7-5-6-8-14(12)22-4/h5-8,13H,9-11H2,1-4H3,(H,18,21)/t13-/m1/s1. The molecule has 1 atom stereocenters. The second kappa shape index (κ2) is 6.38. The number of amides is 2. The lowest BCUT2D eigenvalue weighted by Gasteiger charge is -2.23. The number of hydrogen-bond donors (Lipinski definition) is 1. The number of rotatable bonds is 4. The van der Waals surface area contributed by atoms with Crippen LogP contribution in [0.5, 0.6) is 5.75 Å². The fourth-order valence-corrected chi connectivity index (χ4v) is 2.61. The van der Waals surface area contributed by atoms with Crippen molar-refractivity contribution in [3.05, 3.63) is 29.8 Å². The summed E-state index contributed by atoms with van der Waals surface area (Å²) >= 11 is 0. The molecule has 2 amide bonds. The van der Waals surface area contributed by atoms with Gasteiger partial charge < -0.3 is 15.0 Å². The number of hydrogen-bond acceptors (Lipinski definition) is 3. The first-order valence-electron chi connectivity index (χ1n) is 7.52. The van der Waals surface area contributed by atoms with Crippen LogP contribution >= 0.6 is 0 Å². The third-order valence-corrected chi connectivity index (χ3v) is 3.64. The van der Waals surface area contributed by atoms with E-state index in [9.17, 15) is 9.59 Å². The molecule has 1 heterocycles. The maximum absolute atomic E-state index is 12.2. The molecule has 1 N–H and O–H groups in total. The van der Waals surface area contributed by atoms with Gasteiger partial charge in [0, 0.05) is 30.6 Å². The van der Waals surface area contributed by atoms with Gasteiger partial charge in [0.2, 0.25) is 11.8 Å². The molecular formula is C17H24N2O3. The summed E-state index contributed by atoms with van der Waals surface area (Å²) in [5.74, 6) is 0.447. The Balaban J connectivity index is 2.02. The van der Waals surface area contributed by atoms with E-state index in [1.165, 1.54) is 0 Å². The van der Waals surface area contributed by atoms with Crippen LogP contribution < -0.4 is 10.1 Å². The number of ether oxygens (including phenoxy) is 1. The lowest BCUT2D eigenvalue weighted by Crippen LogP contribution is -2.44. The molecule has 1 saturated heterocycles. The molecule has 5 nitrogen and oxygen atoms in total. The fourth-order valence-electron chi connectivity index (χ4n) is 2.61. The SMILES string of the molecule is COc1ccccc1CN1C[C@H](C(=O)NC(C)(C)C)CC1=O. The van der Waals surface area contributed by atoms with Gasteiger partial charge in [-0.25, -0.2) is 0 Å². The second-order valence-electron chi connectivity index (χ2n) is 6.73. The summed E-state index contributed by atoms with van der Waals surface area (Å²) in [5, 5.41) is 2.95. The summed E-state index contributed by atoms with van der Waals surface area (Å²) in [5.41, 5.74) is 0.672. The minimum absolute atomic E-state index is 0.0139. The van der Waals surface area contributed by atoms with Gasteiger partial charge in [0.25, 0.3) is 0 Å². The average Bonchev–Trinajstić information content (AvgIpc) is 2.79. The van der Waals surface area contributed by atoms with Crippen molar-refractivity contribution in [3.63, 3.8) is 0 Å². The van der Waals surface area contributed by atoms with E-state index in [0.717, 1.165) is 11.3 Å². The normalized spacial score (nSPS) is 18.5. The number of likely N-dealkylation sites (tertiary alicyclic amines) is 1. The molecule has 1 aliphatic rings. The Morgan fingerprint density at radius 2 is 2.05 bits per heavy atom. The summed E-state index contributed by atoms with van der Waals surface area (Å²) in [6.07, 6.45) is 0.275. The fraction of sp³-hybridized carbons (Fsp3) is 0.529. The minimum atomic E-state index is -0.282. The van der Waals surface area contributed by atoms with Gasteiger partial charge in [-0.15, -0.1) is 0 Å². The van der Waals surface area contributed by atoms with Crippen LogP contribution in [-0.2, 0) is 16.1 Å². The van der Waals surface area contributed by atoms with Gasteiger partial charge in [0.15, 0.2) is 0 Å². The molecule has 0 aromatic heterocycles. The number of nitrogens with one attached hydrogen (secondary N) is 1. The molecule has 0 spiro atoms. The molecule has 0 radical (unpaired) electrons. The highest BCUT2D eigenvalue weighted by atomic mass is 16.5. The highest BCUT2D eigenvalue weighted by Gasteiger charge is 2.35. The Hall–Kier alpha value is -2.04. The Morgan fingerprint density at radius 1 is 1.36 bits per heavy atom. The molecule has 1 aliphatic heterocycles. The first kappa shape index (κ1) is 16.3. The maximum Gasteiger partial charge on any atom is 0.225 e. The van der Waals surface area contributed by atoms with Crippen molar-refractivity contribution in [1.29, 1.82) is 0 Å². The Labute approximate surface area is 131 Å². The van der Waals surface area contributed by atoms with Crippen LogP contribution in [0.1, 0.15) is 32.8 Å². The molecule has 5 heteroatoms. The van der Waals surface area contributed by atoms with Gasteiger partial charge in [-0.2, -0.15) is 0 Å². The van der Waals surface area contributed by atoms with Crippen molar-refractivity contribution in [2.45, 2.75) is 39.3 Å². The number of methoxy groups -OCH3 is 1. The van der Waals surface area contributed by atoms with E-state index in [4.69, 9.17) is 4.74 Å². The largest absolute Gasteiger partial charge is 0.496 e. The molecule has 0 bridgehead atoms. The van der Waals surface area contributed by atoms with Crippen molar-refractivity contribution in [3.8, 4) is 5.75 Å². The summed E-state index contributed by atoms with van der Waals surface area (Å²) < 4.78 is 5.31. The van der Waals surface area contributed by atoms with Crippen LogP contribution in [0.2, 0.25) is 0 Å². The molecule has 120 valence electrons. The zero-order valence-electron chi connectivity index (χ0n) is 13.7. The van der Waals surface area contributed by atoms with Gasteiger partial charge >= 0.3 is 0 Å². The van der Waals surface area contributed by atoms with E-state index in [-0.39, 0.29) is 29.7 Å². The molecule has 0 unspecified atom stereocenters. The first-order chi connectivity index (χ1) is 10.3. The second-order valence-corrected chi connectivity index (χ2v) is 6.73. The zero-order valence-corrected chi connectivity index (χ0v) is 13.7. The van der Waals surface area contributed by atoms with Crippen LogP contribution in [0.15, 0.2) is 24.3 Å². The molecule has 1 aromatic rings. The van der Waals surface area contributed by atoms with Crippen LogP contribution in [0.25, 0.3) is 0 Å². The van der Waals surface area contributed by atoms with Crippen LogP contribution in [0.3, 0.4) is 0 Å². The molecule has 1 aromatic carbocycles. The Morgan fingerprint density at radius 3 is 2.68 bits per heavy atom. The molecule has 0 aliphatic carbocycles. The van der Waals surface area contributed by atoms with Crippen molar-refractivity contribution in [2.24, 2.45) is 5.92 Å². The predicted octanol–water partition coefficient (Wildman–Crippen LogP) is 1.96. The molecule has 2 rings (SSSR count). The van der Waals surface area contributed by atoms with E-state index < -0.39 is 0 Å². The minimum Gasteiger partial charge on any atom is -0.496 e. The van der Waals surface area contributed by atoms with Gasteiger partial charge in [-0.3, -0.25) is 9.59 Å². The zero-order chi connectivity index (χ0) is 16.3. The van der Waals surface area contributed by atoms with Crippen molar-refractivity contribution >= 4 is 11.8 Å². The van der Waals surface area contributed by atoms with E-state index in [1.54, 1.807) is 12.0 Å². The van der Waals surface area contributed by atoms with Crippen LogP contribution in [0.4, 0.5) is 0 Å². The summed E-state index contributed by atoms with van der Waals surface area (Å²) in [6.45, 7) is 6.75. The van der Waals surface area contributed by atoms with E-state index >= 15 is 0 Å². The highest BCUT2D eigenvalue weighted by Crippen LogP contribution is 2.25. The average molecular weight is 304 g/mol. The third kappa shape index (κ3) is 4.00. The van der Waals surface area contributed by atoms with Crippen molar-refractivity contribution in [1.82, 2.24) is 10.2 Å². The van der Waals surface area contributed by atoms with E-state index in [0.29, 0.717) is 13.1 Å². The highest BCUT2D eigenvalue weighted by molar-refractivity contribution is 5.89. The topological polar surface area (TPSA) is 58.6 Å². The smallest absolute Gasteiger partial charge is 0.225 e. The number of carbonyl (C=O) groups excluding carboxylic acids is 2. The summed E-state index contributed by atoms with van der Waals surface area (Å²) in [6, 6.07) is 7.63. The molecule has 22 heavy (non-hydrogen) atoms. The lowest BCUT2D eigenvalue weighted by molar-refractivity contribution is -0.129. The quantitative estimate of drug-likeness (QED) is 0.925. The Kier molecular flexibility index (Phi) is 4.74. The summed E-state index contributed by atoms with van der Waals surface area (Å²) in [4.78, 5) is 26.1. The van der Waals surface area contributed by atoms with Crippen molar-refractivity contribution < 1.29 is 14.3 Å². The number of carbonyl (C=O) groups is 2. The molecular weight excluding hydrogens is 280 g/mol. The number of benzene rings is 1. The van der Waals surface area contributed by atoms with Gasteiger partial charge in [0.1, 0.15) is 5.75 Å². The van der Waals surface area contributed by atoms with Gasteiger partial charge in [-0.1, -0.05) is 18.2 Å². The monoisotopic (exact) mass is 304 g/mol. The summed E-state index contributed by atoms with van der Waals surface area (Å²) in [7, 11) is 1.62. The van der Waals surface area contributed by atoms with E-state index in [1.807, 2.05) is 45.0 Å². The van der Waals surface area contributed by atoms with Crippen LogP contribution in [0, 0.1) is 5.92 Å². The maximum atomic E-state index is 12.2. The first-order valence-corrected chi connectivity index (χ1v) is 7.52. The molecule has 1 fully saturated rings. The lowest BCUT2D eigenvalue weighted by atomic mass is 10.0. The number of nitrogens with zero attached hydrogens (tertiary/aromatic N) is 1. The van der Waals surface area contributed by atoms with Crippen molar-refractivity contribution in [2.75, 3.05) is 13.7 Å². The van der Waals surface area contributed by atoms with Gasteiger partial charge in [-0.05, 0) is 26.8 Å². The Bertz CT molecular complexity index is 563. The van der Waals surface area contributed by atoms with Crippen LogP contribution in [-0.4, -0.2) is 35.9 Å². The predicted molar refractivity (Wildman–Crippen MR) is 84.4 cm³/mol. The molecule has 0 saturated carbocycles. The van der Waals surface area contributed by atoms with E-state index in [2.05, 4.69) is 5.32 Å².